The third-order valence-electron chi connectivity index (χ3n) is 0.353. The Morgan fingerprint density at radius 1 is 1.71 bits per heavy atom. The van der Waals surface area contributed by atoms with E-state index in [0.717, 1.165) is 5.57 Å². The summed E-state index contributed by atoms with van der Waals surface area (Å²) in [6, 6.07) is 0. The van der Waals surface area contributed by atoms with Crippen LogP contribution in [-0.2, 0) is 16.3 Å². The molecule has 0 heterocycles. The van der Waals surface area contributed by atoms with E-state index < -0.39 is 0 Å². The van der Waals surface area contributed by atoms with Crippen LogP contribution in [0, 0.1) is 0 Å². The van der Waals surface area contributed by atoms with E-state index in [-0.39, 0.29) is 17.4 Å². The zero-order chi connectivity index (χ0) is 4.99. The summed E-state index contributed by atoms with van der Waals surface area (Å²) in [7, 11) is 0. The molecule has 7 heavy (non-hydrogen) atoms. The molecule has 36 valence electrons. The van der Waals surface area contributed by atoms with Gasteiger partial charge >= 0.3 is 46.4 Å². The van der Waals surface area contributed by atoms with E-state index in [2.05, 4.69) is 22.9 Å². The molecule has 0 atom stereocenters. The Morgan fingerprint density at radius 3 is 2.14 bits per heavy atom. The average Bonchev–Trinajstić information content (AvgIpc) is 1.35. The number of rotatable bonds is 1. The first kappa shape index (κ1) is 10.5. The molecule has 0 unspecified atom stereocenters. The number of hydrogen-bond acceptors (Lipinski definition) is 0. The molecule has 0 aliphatic heterocycles. The molecular weight excluding hydrogens is 139 g/mol. The molecule has 0 bridgehead atoms. The maximum atomic E-state index is 3.64. The van der Waals surface area contributed by atoms with Crippen molar-refractivity contribution in [2.24, 2.45) is 0 Å². The van der Waals surface area contributed by atoms with Crippen molar-refractivity contribution in [1.29, 1.82) is 0 Å². The van der Waals surface area contributed by atoms with Gasteiger partial charge in [-0.2, -0.15) is 0 Å². The molecule has 0 spiro atoms. The Bertz CT molecular complexity index is 76.1. The van der Waals surface area contributed by atoms with Crippen LogP contribution in [0.15, 0.2) is 23.2 Å². The fourth-order valence-electron chi connectivity index (χ4n) is 0.116. The maximum Gasteiger partial charge on any atom is 0 e. The van der Waals surface area contributed by atoms with Crippen molar-refractivity contribution in [2.75, 3.05) is 0 Å². The van der Waals surface area contributed by atoms with E-state index >= 15 is 0 Å². The predicted molar refractivity (Wildman–Crippen MR) is 29.7 cm³/mol. The summed E-state index contributed by atoms with van der Waals surface area (Å²) in [5.41, 5.74) is 1.08. The van der Waals surface area contributed by atoms with Crippen LogP contribution in [0.3, 0.4) is 0 Å². The molecule has 0 N–H and O–H groups in total. The van der Waals surface area contributed by atoms with E-state index in [1.807, 2.05) is 17.9 Å². The summed E-state index contributed by atoms with van der Waals surface area (Å²) < 4.78 is 0. The molecule has 0 saturated heterocycles. The van der Waals surface area contributed by atoms with Gasteiger partial charge in [0.25, 0.3) is 0 Å². The summed E-state index contributed by atoms with van der Waals surface area (Å²) >= 11 is 2.73. The molecule has 0 nitrogen and oxygen atoms in total. The van der Waals surface area contributed by atoms with Crippen molar-refractivity contribution < 1.29 is 16.3 Å². The molecule has 0 amide bonds. The molecule has 0 aliphatic rings. The second kappa shape index (κ2) is 6.54. The van der Waals surface area contributed by atoms with Crippen molar-refractivity contribution in [2.45, 2.75) is 6.92 Å². The van der Waals surface area contributed by atoms with Crippen molar-refractivity contribution in [1.82, 2.24) is 0 Å². The predicted octanol–water partition coefficient (Wildman–Crippen LogP) is 1.24. The van der Waals surface area contributed by atoms with Gasteiger partial charge in [-0.05, 0) is 0 Å². The topological polar surface area (TPSA) is 0 Å². The third kappa shape index (κ3) is 10.8. The quantitative estimate of drug-likeness (QED) is 0.385. The fourth-order valence-corrected chi connectivity index (χ4v) is 0.479. The van der Waals surface area contributed by atoms with Crippen molar-refractivity contribution in [3.8, 4) is 0 Å². The third-order valence-corrected chi connectivity index (χ3v) is 0.565. The molecule has 0 aromatic carbocycles. The Hall–Kier alpha value is 0.545. The molecule has 0 saturated carbocycles. The van der Waals surface area contributed by atoms with E-state index in [1.165, 1.54) is 0 Å². The smallest absolute Gasteiger partial charge is 0 e. The van der Waals surface area contributed by atoms with Crippen LogP contribution < -0.4 is 0 Å². The number of allylic oxidation sites excluding steroid dienone is 2. The first-order valence-corrected chi connectivity index (χ1v) is 2.45. The van der Waals surface area contributed by atoms with Gasteiger partial charge in [0.15, 0.2) is 0 Å². The van der Waals surface area contributed by atoms with Gasteiger partial charge in [0.05, 0.1) is 0 Å². The van der Waals surface area contributed by atoms with Gasteiger partial charge in [-0.1, -0.05) is 0 Å². The second-order valence-corrected chi connectivity index (χ2v) is 1.57. The SMILES string of the molecule is C=C(C)C=[CH][Cr].[Al]. The zero-order valence-corrected chi connectivity index (χ0v) is 6.78. The van der Waals surface area contributed by atoms with Gasteiger partial charge in [-0.25, -0.2) is 0 Å². The van der Waals surface area contributed by atoms with E-state index in [4.69, 9.17) is 0 Å². The minimum absolute atomic E-state index is 0. The normalized spacial score (nSPS) is 8.14. The van der Waals surface area contributed by atoms with Gasteiger partial charge in [0.2, 0.25) is 0 Å². The summed E-state index contributed by atoms with van der Waals surface area (Å²) in [5.74, 6) is 0. The van der Waals surface area contributed by atoms with Gasteiger partial charge in [0.1, 0.15) is 0 Å². The fraction of sp³-hybridized carbons (Fsp3) is 0.200. The summed E-state index contributed by atoms with van der Waals surface area (Å²) in [5, 5.41) is 0. The Balaban J connectivity index is 0. The average molecular weight is 146 g/mol. The van der Waals surface area contributed by atoms with Gasteiger partial charge in [0, 0.05) is 17.4 Å². The second-order valence-electron chi connectivity index (χ2n) is 1.15. The van der Waals surface area contributed by atoms with E-state index in [9.17, 15) is 0 Å². The van der Waals surface area contributed by atoms with Crippen LogP contribution in [0.1, 0.15) is 6.92 Å². The van der Waals surface area contributed by atoms with Crippen LogP contribution in [0.2, 0.25) is 0 Å². The summed E-state index contributed by atoms with van der Waals surface area (Å²) in [4.78, 5) is 1.85. The molecule has 0 fully saturated rings. The molecule has 0 aromatic heterocycles. The number of hydrogen-bond donors (Lipinski definition) is 0. The standard InChI is InChI=1S/C5H7.Al.Cr/c1-4-5(2)3;;/h1,4H,2H2,3H3;;. The molecule has 0 aromatic rings. The Kier molecular flexibility index (Phi) is 9.83. The monoisotopic (exact) mass is 146 g/mol. The molecular formula is C5H7AlCr. The molecule has 0 aliphatic carbocycles. The van der Waals surface area contributed by atoms with Crippen LogP contribution in [0.5, 0.6) is 0 Å². The first-order chi connectivity index (χ1) is 2.77. The van der Waals surface area contributed by atoms with Crippen LogP contribution >= 0.6 is 0 Å². The first-order valence-electron chi connectivity index (χ1n) is 1.71. The van der Waals surface area contributed by atoms with Crippen molar-refractivity contribution in [3.63, 3.8) is 0 Å². The Labute approximate surface area is 63.9 Å². The minimum Gasteiger partial charge on any atom is 0 e. The van der Waals surface area contributed by atoms with E-state index in [0.29, 0.717) is 0 Å². The van der Waals surface area contributed by atoms with Crippen LogP contribution in [0.25, 0.3) is 0 Å². The van der Waals surface area contributed by atoms with Gasteiger partial charge < -0.3 is 0 Å². The van der Waals surface area contributed by atoms with Crippen LogP contribution in [0.4, 0.5) is 0 Å². The minimum atomic E-state index is 0. The molecule has 3 radical (unpaired) electrons. The van der Waals surface area contributed by atoms with Crippen molar-refractivity contribution in [3.05, 3.63) is 23.2 Å². The molecule has 2 heteroatoms. The van der Waals surface area contributed by atoms with Crippen molar-refractivity contribution >= 4 is 17.4 Å². The van der Waals surface area contributed by atoms with Gasteiger partial charge in [-0.3, -0.25) is 0 Å². The maximum absolute atomic E-state index is 3.64. The Morgan fingerprint density at radius 2 is 2.14 bits per heavy atom. The summed E-state index contributed by atoms with van der Waals surface area (Å²) in [6.45, 7) is 5.59. The van der Waals surface area contributed by atoms with Gasteiger partial charge in [-0.15, -0.1) is 0 Å². The summed E-state index contributed by atoms with van der Waals surface area (Å²) in [6.07, 6.45) is 1.92. The molecule has 0 rings (SSSR count). The van der Waals surface area contributed by atoms with Crippen LogP contribution in [-0.4, -0.2) is 17.4 Å². The zero-order valence-electron chi connectivity index (χ0n) is 4.35. The largest absolute Gasteiger partial charge is 0 e. The van der Waals surface area contributed by atoms with E-state index in [1.54, 1.807) is 0 Å².